The zero-order chi connectivity index (χ0) is 10.4. The van der Waals surface area contributed by atoms with Crippen LogP contribution in [0, 0.1) is 0 Å². The van der Waals surface area contributed by atoms with Gasteiger partial charge in [-0.1, -0.05) is 43.2 Å². The predicted octanol–water partition coefficient (Wildman–Crippen LogP) is 3.13. The molecule has 0 aliphatic rings. The third-order valence-electron chi connectivity index (χ3n) is 1.81. The Morgan fingerprint density at radius 3 is 2.50 bits per heavy atom. The predicted molar refractivity (Wildman–Crippen MR) is 57.2 cm³/mol. The van der Waals surface area contributed by atoms with Gasteiger partial charge in [0.1, 0.15) is 0 Å². The van der Waals surface area contributed by atoms with Gasteiger partial charge >= 0.3 is 0 Å². The zero-order valence-electron chi connectivity index (χ0n) is 8.44. The van der Waals surface area contributed by atoms with Crippen LogP contribution in [0.5, 0.6) is 0 Å². The second-order valence-corrected chi connectivity index (χ2v) is 3.39. The van der Waals surface area contributed by atoms with Crippen molar-refractivity contribution >= 4 is 5.69 Å². The molecule has 0 unspecified atom stereocenters. The second kappa shape index (κ2) is 5.27. The summed E-state index contributed by atoms with van der Waals surface area (Å²) in [5.74, 6) is 0. The molecule has 0 aromatic heterocycles. The van der Waals surface area contributed by atoms with Crippen LogP contribution >= 0.6 is 0 Å². The Hall–Kier alpha value is -1.51. The van der Waals surface area contributed by atoms with Gasteiger partial charge < -0.3 is 5.32 Å². The van der Waals surface area contributed by atoms with E-state index < -0.39 is 0 Å². The molecule has 4 nitrogen and oxygen atoms in total. The Morgan fingerprint density at radius 2 is 2.00 bits per heavy atom. The smallest absolute Gasteiger partial charge is 0.0375 e. The van der Waals surface area contributed by atoms with Gasteiger partial charge in [-0.25, -0.2) is 0 Å². The van der Waals surface area contributed by atoms with Crippen molar-refractivity contribution in [3.8, 4) is 0 Å². The lowest BCUT2D eigenvalue weighted by Gasteiger charge is -2.07. The van der Waals surface area contributed by atoms with Gasteiger partial charge in [0.2, 0.25) is 0 Å². The second-order valence-electron chi connectivity index (χ2n) is 3.39. The number of nitrogens with zero attached hydrogens (tertiary/aromatic N) is 3. The molecule has 0 bridgehead atoms. The van der Waals surface area contributed by atoms with Crippen molar-refractivity contribution in [1.82, 2.24) is 5.32 Å². The van der Waals surface area contributed by atoms with E-state index in [1.165, 1.54) is 5.56 Å². The highest BCUT2D eigenvalue weighted by Crippen LogP contribution is 2.12. The van der Waals surface area contributed by atoms with Gasteiger partial charge in [0.25, 0.3) is 0 Å². The number of rotatable bonds is 4. The van der Waals surface area contributed by atoms with Crippen LogP contribution in [0.3, 0.4) is 0 Å². The van der Waals surface area contributed by atoms with Gasteiger partial charge in [0, 0.05) is 23.2 Å². The summed E-state index contributed by atoms with van der Waals surface area (Å²) in [6, 6.07) is 8.03. The molecule has 0 saturated heterocycles. The Kier molecular flexibility index (Phi) is 3.98. The third-order valence-corrected chi connectivity index (χ3v) is 1.81. The molecule has 1 N–H and O–H groups in total. The van der Waals surface area contributed by atoms with E-state index in [-0.39, 0.29) is 0 Å². The number of hydrogen-bond acceptors (Lipinski definition) is 2. The van der Waals surface area contributed by atoms with Crippen LogP contribution in [0.2, 0.25) is 0 Å². The minimum absolute atomic E-state index is 0.479. The van der Waals surface area contributed by atoms with E-state index >= 15 is 0 Å². The third kappa shape index (κ3) is 3.47. The fraction of sp³-hybridized carbons (Fsp3) is 0.400. The number of benzene rings is 1. The molecule has 0 aliphatic carbocycles. The summed E-state index contributed by atoms with van der Waals surface area (Å²) in [4.78, 5) is 2.72. The highest BCUT2D eigenvalue weighted by molar-refractivity contribution is 5.38. The molecule has 4 heteroatoms. The molecular formula is C10H14N4. The van der Waals surface area contributed by atoms with Crippen molar-refractivity contribution in [3.05, 3.63) is 40.3 Å². The highest BCUT2D eigenvalue weighted by Gasteiger charge is 1.94. The van der Waals surface area contributed by atoms with Crippen molar-refractivity contribution in [1.29, 1.82) is 0 Å². The molecule has 0 saturated carbocycles. The van der Waals surface area contributed by atoms with Gasteiger partial charge in [-0.05, 0) is 11.1 Å². The molecule has 1 aromatic carbocycles. The van der Waals surface area contributed by atoms with E-state index in [9.17, 15) is 0 Å². The molecule has 0 amide bonds. The van der Waals surface area contributed by atoms with Gasteiger partial charge in [-0.3, -0.25) is 0 Å². The summed E-state index contributed by atoms with van der Waals surface area (Å²) < 4.78 is 0. The summed E-state index contributed by atoms with van der Waals surface area (Å²) in [6.07, 6.45) is 0. The van der Waals surface area contributed by atoms with Crippen molar-refractivity contribution in [3.63, 3.8) is 0 Å². The topological polar surface area (TPSA) is 60.8 Å². The maximum absolute atomic E-state index is 8.21. The van der Waals surface area contributed by atoms with E-state index in [0.717, 1.165) is 6.54 Å². The lowest BCUT2D eigenvalue weighted by Crippen LogP contribution is -2.21. The first-order valence-corrected chi connectivity index (χ1v) is 4.60. The first kappa shape index (κ1) is 10.6. The Balaban J connectivity index is 2.59. The number of azide groups is 1. The van der Waals surface area contributed by atoms with Gasteiger partial charge in [0.15, 0.2) is 0 Å². The van der Waals surface area contributed by atoms with Crippen LogP contribution in [-0.4, -0.2) is 6.04 Å². The zero-order valence-corrected chi connectivity index (χ0v) is 8.44. The lowest BCUT2D eigenvalue weighted by atomic mass is 10.2. The fourth-order valence-electron chi connectivity index (χ4n) is 1.05. The fourth-order valence-corrected chi connectivity index (χ4v) is 1.05. The van der Waals surface area contributed by atoms with Crippen molar-refractivity contribution < 1.29 is 0 Å². The minimum Gasteiger partial charge on any atom is -0.310 e. The van der Waals surface area contributed by atoms with Crippen LogP contribution < -0.4 is 5.32 Å². The molecule has 0 aliphatic heterocycles. The molecule has 0 atom stereocenters. The largest absolute Gasteiger partial charge is 0.310 e. The Morgan fingerprint density at radius 1 is 1.36 bits per heavy atom. The van der Waals surface area contributed by atoms with Crippen LogP contribution in [0.25, 0.3) is 10.4 Å². The lowest BCUT2D eigenvalue weighted by molar-refractivity contribution is 0.589. The molecule has 14 heavy (non-hydrogen) atoms. The quantitative estimate of drug-likeness (QED) is 0.442. The van der Waals surface area contributed by atoms with Crippen LogP contribution in [0.4, 0.5) is 5.69 Å². The Bertz CT molecular complexity index is 322. The molecular weight excluding hydrogens is 176 g/mol. The van der Waals surface area contributed by atoms with Crippen molar-refractivity contribution in [2.24, 2.45) is 5.11 Å². The maximum Gasteiger partial charge on any atom is 0.0375 e. The molecule has 0 heterocycles. The van der Waals surface area contributed by atoms with Gasteiger partial charge in [-0.2, -0.15) is 0 Å². The molecule has 0 spiro atoms. The molecule has 0 radical (unpaired) electrons. The number of nitrogens with one attached hydrogen (secondary N) is 1. The summed E-state index contributed by atoms with van der Waals surface area (Å²) in [7, 11) is 0. The van der Waals surface area contributed by atoms with E-state index in [1.54, 1.807) is 0 Å². The van der Waals surface area contributed by atoms with Crippen LogP contribution in [0.1, 0.15) is 19.4 Å². The Labute approximate surface area is 83.6 Å². The van der Waals surface area contributed by atoms with Gasteiger partial charge in [-0.15, -0.1) is 0 Å². The summed E-state index contributed by atoms with van der Waals surface area (Å²) >= 11 is 0. The van der Waals surface area contributed by atoms with Crippen LogP contribution in [0.15, 0.2) is 29.4 Å². The van der Waals surface area contributed by atoms with E-state index in [0.29, 0.717) is 11.7 Å². The SMILES string of the molecule is CC(C)NCc1ccc(N=[N+]=[N-])cc1. The average molecular weight is 190 g/mol. The molecule has 74 valence electrons. The molecule has 0 fully saturated rings. The van der Waals surface area contributed by atoms with Gasteiger partial charge in [0.05, 0.1) is 0 Å². The summed E-state index contributed by atoms with van der Waals surface area (Å²) in [5, 5.41) is 6.81. The highest BCUT2D eigenvalue weighted by atomic mass is 15.1. The first-order chi connectivity index (χ1) is 6.72. The van der Waals surface area contributed by atoms with Crippen molar-refractivity contribution in [2.75, 3.05) is 0 Å². The standard InChI is InChI=1S/C10H14N4/c1-8(2)12-7-9-3-5-10(6-4-9)13-14-11/h3-6,8,12H,7H2,1-2H3. The monoisotopic (exact) mass is 190 g/mol. The normalized spacial score (nSPS) is 9.93. The van der Waals surface area contributed by atoms with Crippen molar-refractivity contribution in [2.45, 2.75) is 26.4 Å². The summed E-state index contributed by atoms with van der Waals surface area (Å²) in [5.41, 5.74) is 10.1. The maximum atomic E-state index is 8.21. The van der Waals surface area contributed by atoms with E-state index in [2.05, 4.69) is 29.2 Å². The van der Waals surface area contributed by atoms with Crippen LogP contribution in [-0.2, 0) is 6.54 Å². The molecule has 1 aromatic rings. The average Bonchev–Trinajstić information content (AvgIpc) is 2.17. The first-order valence-electron chi connectivity index (χ1n) is 4.60. The number of hydrogen-bond donors (Lipinski definition) is 1. The van der Waals surface area contributed by atoms with E-state index in [4.69, 9.17) is 5.53 Å². The minimum atomic E-state index is 0.479. The molecule has 1 rings (SSSR count). The van der Waals surface area contributed by atoms with E-state index in [1.807, 2.05) is 24.3 Å². The summed E-state index contributed by atoms with van der Waals surface area (Å²) in [6.45, 7) is 5.05.